The van der Waals surface area contributed by atoms with Crippen LogP contribution in [0.4, 0.5) is 4.79 Å². The van der Waals surface area contributed by atoms with Gasteiger partial charge in [-0.15, -0.1) is 0 Å². The van der Waals surface area contributed by atoms with Crippen molar-refractivity contribution in [2.45, 2.75) is 52.0 Å². The summed E-state index contributed by atoms with van der Waals surface area (Å²) in [5.74, 6) is 0. The van der Waals surface area contributed by atoms with E-state index < -0.39 is 11.3 Å². The Balaban J connectivity index is 2.16. The smallest absolute Gasteiger partial charge is 0.413 e. The topological polar surface area (TPSA) is 51.7 Å². The highest BCUT2D eigenvalue weighted by Crippen LogP contribution is 2.30. The van der Waals surface area contributed by atoms with E-state index in [9.17, 15) is 4.79 Å². The molecule has 1 saturated heterocycles. The van der Waals surface area contributed by atoms with Crippen LogP contribution in [0.1, 0.15) is 40.2 Å². The average Bonchev–Trinajstić information content (AvgIpc) is 2.71. The third-order valence-corrected chi connectivity index (χ3v) is 3.59. The van der Waals surface area contributed by atoms with Crippen molar-refractivity contribution in [3.63, 3.8) is 0 Å². The molecule has 1 aliphatic rings. The minimum absolute atomic E-state index is 0.199. The van der Waals surface area contributed by atoms with Gasteiger partial charge in [0.1, 0.15) is 16.5 Å². The van der Waals surface area contributed by atoms with E-state index in [1.807, 2.05) is 52.8 Å². The molecule has 2 heterocycles. The zero-order valence-corrected chi connectivity index (χ0v) is 14.9. The number of nitrogens with zero attached hydrogens (tertiary/aromatic N) is 2. The van der Waals surface area contributed by atoms with Crippen LogP contribution in [0.2, 0.25) is 5.15 Å². The first-order chi connectivity index (χ1) is 10.6. The third kappa shape index (κ3) is 4.69. The van der Waals surface area contributed by atoms with E-state index >= 15 is 0 Å². The predicted molar refractivity (Wildman–Crippen MR) is 90.2 cm³/mol. The number of hydrogen-bond donors (Lipinski definition) is 0. The van der Waals surface area contributed by atoms with Crippen LogP contribution in [0, 0.1) is 0 Å². The van der Waals surface area contributed by atoms with E-state index in [0.717, 1.165) is 5.56 Å². The first-order valence-electron chi connectivity index (χ1n) is 7.54. The van der Waals surface area contributed by atoms with Crippen molar-refractivity contribution in [2.75, 3.05) is 6.61 Å². The van der Waals surface area contributed by atoms with Gasteiger partial charge >= 0.3 is 6.09 Å². The van der Waals surface area contributed by atoms with Crippen molar-refractivity contribution in [3.05, 3.63) is 35.1 Å². The number of carbonyl (C=O) groups is 1. The van der Waals surface area contributed by atoms with E-state index in [1.165, 1.54) is 0 Å². The molecule has 1 aliphatic heterocycles. The van der Waals surface area contributed by atoms with Gasteiger partial charge in [-0.2, -0.15) is 0 Å². The fourth-order valence-electron chi connectivity index (χ4n) is 2.35. The van der Waals surface area contributed by atoms with Crippen molar-refractivity contribution in [1.29, 1.82) is 0 Å². The second-order valence-corrected chi connectivity index (χ2v) is 7.34. The summed E-state index contributed by atoms with van der Waals surface area (Å²) in [4.78, 5) is 18.2. The third-order valence-electron chi connectivity index (χ3n) is 3.37. The summed E-state index contributed by atoms with van der Waals surface area (Å²) in [6.45, 7) is 9.67. The van der Waals surface area contributed by atoms with Crippen LogP contribution in [0.15, 0.2) is 24.4 Å². The lowest BCUT2D eigenvalue weighted by Crippen LogP contribution is -2.49. The molecular formula is C17H23ClN2O3. The Morgan fingerprint density at radius 3 is 2.74 bits per heavy atom. The summed E-state index contributed by atoms with van der Waals surface area (Å²) in [6.07, 6.45) is 5.11. The second-order valence-electron chi connectivity index (χ2n) is 6.95. The summed E-state index contributed by atoms with van der Waals surface area (Å²) in [7, 11) is 0. The highest BCUT2D eigenvalue weighted by molar-refractivity contribution is 6.29. The van der Waals surface area contributed by atoms with Crippen molar-refractivity contribution in [1.82, 2.24) is 9.88 Å². The number of halogens is 1. The molecule has 1 aromatic rings. The number of pyridine rings is 1. The van der Waals surface area contributed by atoms with Gasteiger partial charge in [0.05, 0.1) is 12.6 Å². The monoisotopic (exact) mass is 338 g/mol. The number of rotatable bonds is 2. The Hall–Kier alpha value is -1.59. The molecule has 1 amide bonds. The first kappa shape index (κ1) is 17.8. The largest absolute Gasteiger partial charge is 0.444 e. The highest BCUT2D eigenvalue weighted by Gasteiger charge is 2.44. The zero-order chi connectivity index (χ0) is 17.3. The molecule has 0 N–H and O–H groups in total. The second kappa shape index (κ2) is 6.49. The van der Waals surface area contributed by atoms with Crippen LogP contribution in [0.5, 0.6) is 0 Å². The van der Waals surface area contributed by atoms with Crippen LogP contribution in [0.25, 0.3) is 6.08 Å². The highest BCUT2D eigenvalue weighted by atomic mass is 35.5. The van der Waals surface area contributed by atoms with Gasteiger partial charge in [0, 0.05) is 6.20 Å². The number of carbonyl (C=O) groups excluding carboxylic acids is 1. The van der Waals surface area contributed by atoms with Gasteiger partial charge in [0.25, 0.3) is 0 Å². The van der Waals surface area contributed by atoms with Gasteiger partial charge in [0.2, 0.25) is 0 Å². The van der Waals surface area contributed by atoms with Crippen LogP contribution in [-0.2, 0) is 9.47 Å². The van der Waals surface area contributed by atoms with Crippen molar-refractivity contribution < 1.29 is 14.3 Å². The Morgan fingerprint density at radius 1 is 1.48 bits per heavy atom. The van der Waals surface area contributed by atoms with Gasteiger partial charge in [-0.05, 0) is 46.2 Å². The Kier molecular flexibility index (Phi) is 5.01. The van der Waals surface area contributed by atoms with Crippen LogP contribution >= 0.6 is 11.6 Å². The maximum atomic E-state index is 12.5. The molecule has 23 heavy (non-hydrogen) atoms. The summed E-state index contributed by atoms with van der Waals surface area (Å²) < 4.78 is 11.2. The fraction of sp³-hybridized carbons (Fsp3) is 0.529. The van der Waals surface area contributed by atoms with Crippen LogP contribution in [-0.4, -0.2) is 40.0 Å². The predicted octanol–water partition coefficient (Wildman–Crippen LogP) is 4.12. The molecular weight excluding hydrogens is 316 g/mol. The van der Waals surface area contributed by atoms with E-state index in [0.29, 0.717) is 11.8 Å². The van der Waals surface area contributed by atoms with Crippen molar-refractivity contribution in [2.24, 2.45) is 0 Å². The number of aromatic nitrogens is 1. The molecule has 5 nitrogen and oxygen atoms in total. The normalized spacial score (nSPS) is 21.0. The SMILES string of the molecule is CC(C)(C)OC(=O)N1[C@@H](/C=C/c2ccc(Cl)nc2)COC1(C)C. The molecule has 1 atom stereocenters. The Bertz CT molecular complexity index is 591. The first-order valence-corrected chi connectivity index (χ1v) is 7.92. The van der Waals surface area contributed by atoms with Gasteiger partial charge in [-0.1, -0.05) is 29.8 Å². The van der Waals surface area contributed by atoms with Crippen LogP contribution < -0.4 is 0 Å². The molecule has 0 spiro atoms. The summed E-state index contributed by atoms with van der Waals surface area (Å²) >= 11 is 5.78. The molecule has 0 radical (unpaired) electrons. The summed E-state index contributed by atoms with van der Waals surface area (Å²) in [6, 6.07) is 3.39. The number of hydrogen-bond acceptors (Lipinski definition) is 4. The molecule has 0 unspecified atom stereocenters. The lowest BCUT2D eigenvalue weighted by atomic mass is 10.1. The molecule has 2 rings (SSSR count). The molecule has 0 aliphatic carbocycles. The number of amides is 1. The minimum atomic E-state index is -0.713. The van der Waals surface area contributed by atoms with Gasteiger partial charge in [-0.3, -0.25) is 4.90 Å². The minimum Gasteiger partial charge on any atom is -0.444 e. The van der Waals surface area contributed by atoms with Crippen LogP contribution in [0.3, 0.4) is 0 Å². The molecule has 0 aromatic carbocycles. The van der Waals surface area contributed by atoms with E-state index in [1.54, 1.807) is 17.2 Å². The Labute approximate surface area is 142 Å². The summed E-state index contributed by atoms with van der Waals surface area (Å²) in [5.41, 5.74) is -0.358. The van der Waals surface area contributed by atoms with E-state index in [2.05, 4.69) is 4.98 Å². The molecule has 0 saturated carbocycles. The van der Waals surface area contributed by atoms with Crippen molar-refractivity contribution in [3.8, 4) is 0 Å². The average molecular weight is 339 g/mol. The molecule has 1 aromatic heterocycles. The molecule has 0 bridgehead atoms. The quantitative estimate of drug-likeness (QED) is 0.761. The van der Waals surface area contributed by atoms with Crippen molar-refractivity contribution >= 4 is 23.8 Å². The van der Waals surface area contributed by atoms with Gasteiger partial charge in [-0.25, -0.2) is 9.78 Å². The zero-order valence-electron chi connectivity index (χ0n) is 14.2. The lowest BCUT2D eigenvalue weighted by Gasteiger charge is -2.34. The van der Waals surface area contributed by atoms with E-state index in [-0.39, 0.29) is 12.1 Å². The lowest BCUT2D eigenvalue weighted by molar-refractivity contribution is -0.0610. The maximum Gasteiger partial charge on any atom is 0.413 e. The standard InChI is InChI=1S/C17H23ClN2O3/c1-16(2,3)23-15(21)20-13(11-22-17(20,4)5)8-6-12-7-9-14(18)19-10-12/h6-10,13H,11H2,1-5H3/b8-6+/t13-/m0/s1. The maximum absolute atomic E-state index is 12.5. The summed E-state index contributed by atoms with van der Waals surface area (Å²) in [5, 5.41) is 0.447. The fourth-order valence-corrected chi connectivity index (χ4v) is 2.46. The van der Waals surface area contributed by atoms with Gasteiger partial charge in [0.15, 0.2) is 0 Å². The number of ether oxygens (including phenoxy) is 2. The molecule has 6 heteroatoms. The molecule has 1 fully saturated rings. The molecule has 126 valence electrons. The van der Waals surface area contributed by atoms with E-state index in [4.69, 9.17) is 21.1 Å². The van der Waals surface area contributed by atoms with Gasteiger partial charge < -0.3 is 9.47 Å². The Morgan fingerprint density at radius 2 is 2.17 bits per heavy atom.